The van der Waals surface area contributed by atoms with E-state index in [1.54, 1.807) is 0 Å². The summed E-state index contributed by atoms with van der Waals surface area (Å²) < 4.78 is 41.0. The van der Waals surface area contributed by atoms with Crippen LogP contribution in [0.25, 0.3) is 0 Å². The molecule has 2 aromatic heterocycles. The fourth-order valence-electron chi connectivity index (χ4n) is 2.23. The molecule has 15 heteroatoms. The molecule has 2 heterocycles. The predicted octanol–water partition coefficient (Wildman–Crippen LogP) is -1.77. The predicted molar refractivity (Wildman–Crippen MR) is 88.9 cm³/mol. The van der Waals surface area contributed by atoms with Crippen LogP contribution in [0.2, 0.25) is 0 Å². The lowest BCUT2D eigenvalue weighted by atomic mass is 10.3. The Labute approximate surface area is 160 Å². The first-order valence-electron chi connectivity index (χ1n) is 8.22. The second-order valence-corrected chi connectivity index (χ2v) is 5.98. The molecule has 0 aromatic carbocycles. The van der Waals surface area contributed by atoms with Crippen LogP contribution in [0.3, 0.4) is 0 Å². The van der Waals surface area contributed by atoms with Gasteiger partial charge in [-0.1, -0.05) is 0 Å². The van der Waals surface area contributed by atoms with Crippen molar-refractivity contribution in [3.05, 3.63) is 38.4 Å². The standard InChI is InChI=1S/C14H18F3N7O5/c1-8(25)5-24-20-10(19-21-24)7-23-6-9(12(27)22(2)13(23)28)11(26)18-3-4-29-14(15,16)17/h6,8,25H,3-5,7H2,1-2H3,(H,18,26)/t8-/m1/s1. The zero-order valence-corrected chi connectivity index (χ0v) is 15.4. The minimum Gasteiger partial charge on any atom is -0.391 e. The Bertz CT molecular complexity index is 979. The summed E-state index contributed by atoms with van der Waals surface area (Å²) in [5.74, 6) is -0.896. The number of tetrazole rings is 1. The average Bonchev–Trinajstić information content (AvgIpc) is 3.04. The monoisotopic (exact) mass is 421 g/mol. The second-order valence-electron chi connectivity index (χ2n) is 5.98. The summed E-state index contributed by atoms with van der Waals surface area (Å²) in [7, 11) is 1.14. The first-order valence-corrected chi connectivity index (χ1v) is 8.22. The molecule has 0 unspecified atom stereocenters. The van der Waals surface area contributed by atoms with Crippen molar-refractivity contribution in [2.75, 3.05) is 13.2 Å². The minimum absolute atomic E-state index is 0.0722. The molecule has 0 aliphatic rings. The summed E-state index contributed by atoms with van der Waals surface area (Å²) >= 11 is 0. The van der Waals surface area contributed by atoms with Gasteiger partial charge < -0.3 is 10.4 Å². The number of rotatable bonds is 8. The molecule has 2 rings (SSSR count). The van der Waals surface area contributed by atoms with Gasteiger partial charge in [0.05, 0.1) is 25.8 Å². The number of hydrogen-bond acceptors (Lipinski definition) is 8. The summed E-state index contributed by atoms with van der Waals surface area (Å²) in [5, 5.41) is 22.8. The highest BCUT2D eigenvalue weighted by Gasteiger charge is 2.28. The van der Waals surface area contributed by atoms with Crippen molar-refractivity contribution in [2.24, 2.45) is 7.05 Å². The van der Waals surface area contributed by atoms with E-state index in [1.165, 1.54) is 6.92 Å². The number of aromatic nitrogens is 6. The molecule has 0 saturated carbocycles. The Morgan fingerprint density at radius 2 is 2.07 bits per heavy atom. The van der Waals surface area contributed by atoms with Crippen LogP contribution in [0.4, 0.5) is 13.2 Å². The molecule has 0 aliphatic carbocycles. The van der Waals surface area contributed by atoms with E-state index in [4.69, 9.17) is 0 Å². The zero-order chi connectivity index (χ0) is 21.8. The number of alkyl halides is 3. The Morgan fingerprint density at radius 1 is 1.38 bits per heavy atom. The lowest BCUT2D eigenvalue weighted by molar-refractivity contribution is -0.323. The second kappa shape index (κ2) is 8.95. The molecule has 1 atom stereocenters. The van der Waals surface area contributed by atoms with Crippen molar-refractivity contribution in [3.8, 4) is 0 Å². The van der Waals surface area contributed by atoms with Crippen molar-refractivity contribution < 1.29 is 27.8 Å². The summed E-state index contributed by atoms with van der Waals surface area (Å²) in [6.45, 7) is 0.0134. The van der Waals surface area contributed by atoms with Crippen LogP contribution in [0.1, 0.15) is 23.1 Å². The first-order chi connectivity index (χ1) is 13.5. The Kier molecular flexibility index (Phi) is 6.86. The van der Waals surface area contributed by atoms with Gasteiger partial charge in [-0.05, 0) is 12.1 Å². The van der Waals surface area contributed by atoms with Gasteiger partial charge in [0.25, 0.3) is 11.5 Å². The van der Waals surface area contributed by atoms with Crippen molar-refractivity contribution >= 4 is 5.91 Å². The molecule has 12 nitrogen and oxygen atoms in total. The van der Waals surface area contributed by atoms with E-state index < -0.39 is 48.3 Å². The lowest BCUT2D eigenvalue weighted by Crippen LogP contribution is -2.43. The highest BCUT2D eigenvalue weighted by atomic mass is 19.4. The highest BCUT2D eigenvalue weighted by Crippen LogP contribution is 2.15. The molecular weight excluding hydrogens is 403 g/mol. The number of aliphatic hydroxyl groups is 1. The number of amides is 1. The lowest BCUT2D eigenvalue weighted by Gasteiger charge is -2.10. The van der Waals surface area contributed by atoms with E-state index in [2.05, 4.69) is 25.5 Å². The average molecular weight is 421 g/mol. The molecule has 2 N–H and O–H groups in total. The third-order valence-electron chi connectivity index (χ3n) is 3.48. The van der Waals surface area contributed by atoms with Crippen molar-refractivity contribution in [2.45, 2.75) is 32.5 Å². The fraction of sp³-hybridized carbons (Fsp3) is 0.571. The van der Waals surface area contributed by atoms with Crippen molar-refractivity contribution in [1.82, 2.24) is 34.7 Å². The normalized spacial score (nSPS) is 12.8. The smallest absolute Gasteiger partial charge is 0.391 e. The summed E-state index contributed by atoms with van der Waals surface area (Å²) in [4.78, 5) is 37.6. The molecule has 0 spiro atoms. The van der Waals surface area contributed by atoms with E-state index in [9.17, 15) is 32.7 Å². The van der Waals surface area contributed by atoms with Crippen LogP contribution in [0.5, 0.6) is 0 Å². The van der Waals surface area contributed by atoms with Crippen molar-refractivity contribution in [3.63, 3.8) is 0 Å². The van der Waals surface area contributed by atoms with Gasteiger partial charge in [0.15, 0.2) is 5.82 Å². The molecular formula is C14H18F3N7O5. The molecule has 0 bridgehead atoms. The van der Waals surface area contributed by atoms with Gasteiger partial charge in [-0.2, -0.15) is 4.80 Å². The highest BCUT2D eigenvalue weighted by molar-refractivity contribution is 5.93. The number of carbonyl (C=O) groups excluding carboxylic acids is 1. The molecule has 1 amide bonds. The maximum absolute atomic E-state index is 12.3. The van der Waals surface area contributed by atoms with Crippen LogP contribution in [-0.4, -0.2) is 66.0 Å². The molecule has 2 aromatic rings. The summed E-state index contributed by atoms with van der Waals surface area (Å²) in [5.41, 5.74) is -2.15. The first kappa shape index (κ1) is 22.2. The topological polar surface area (TPSA) is 146 Å². The Morgan fingerprint density at radius 3 is 2.69 bits per heavy atom. The van der Waals surface area contributed by atoms with E-state index in [0.29, 0.717) is 4.57 Å². The van der Waals surface area contributed by atoms with Gasteiger partial charge in [-0.3, -0.25) is 23.5 Å². The quantitative estimate of drug-likeness (QED) is 0.476. The van der Waals surface area contributed by atoms with E-state index in [-0.39, 0.29) is 18.9 Å². The van der Waals surface area contributed by atoms with Crippen LogP contribution in [0.15, 0.2) is 15.8 Å². The molecule has 29 heavy (non-hydrogen) atoms. The number of hydrogen-bond donors (Lipinski definition) is 2. The van der Waals surface area contributed by atoms with Gasteiger partial charge >= 0.3 is 12.1 Å². The number of nitrogens with zero attached hydrogens (tertiary/aromatic N) is 6. The molecule has 160 valence electrons. The van der Waals surface area contributed by atoms with E-state index in [1.807, 2.05) is 0 Å². The SMILES string of the molecule is C[C@@H](O)Cn1nnc(Cn2cc(C(=O)NCCOC(F)(F)F)c(=O)n(C)c2=O)n1. The summed E-state index contributed by atoms with van der Waals surface area (Å²) in [6, 6.07) is 0. The minimum atomic E-state index is -4.84. The Balaban J connectivity index is 2.17. The number of ether oxygens (including phenoxy) is 1. The van der Waals surface area contributed by atoms with Crippen molar-refractivity contribution in [1.29, 1.82) is 0 Å². The fourth-order valence-corrected chi connectivity index (χ4v) is 2.23. The number of carbonyl (C=O) groups is 1. The largest absolute Gasteiger partial charge is 0.522 e. The van der Waals surface area contributed by atoms with Gasteiger partial charge in [0.1, 0.15) is 5.56 Å². The third kappa shape index (κ3) is 6.21. The van der Waals surface area contributed by atoms with Gasteiger partial charge in [-0.15, -0.1) is 23.4 Å². The number of nitrogens with one attached hydrogen (secondary N) is 1. The van der Waals surface area contributed by atoms with Gasteiger partial charge in [-0.25, -0.2) is 4.79 Å². The van der Waals surface area contributed by atoms with E-state index >= 15 is 0 Å². The number of aliphatic hydroxyl groups excluding tert-OH is 1. The molecule has 0 fully saturated rings. The number of halogens is 3. The van der Waals surface area contributed by atoms with Crippen LogP contribution < -0.4 is 16.6 Å². The van der Waals surface area contributed by atoms with Gasteiger partial charge in [0.2, 0.25) is 0 Å². The molecule has 0 radical (unpaired) electrons. The maximum atomic E-state index is 12.3. The molecule has 0 saturated heterocycles. The van der Waals surface area contributed by atoms with Crippen LogP contribution in [0, 0.1) is 0 Å². The summed E-state index contributed by atoms with van der Waals surface area (Å²) in [6.07, 6.45) is -4.61. The zero-order valence-electron chi connectivity index (χ0n) is 15.4. The molecule has 0 aliphatic heterocycles. The van der Waals surface area contributed by atoms with E-state index in [0.717, 1.165) is 22.6 Å². The van der Waals surface area contributed by atoms with Gasteiger partial charge in [0, 0.05) is 19.8 Å². The van der Waals surface area contributed by atoms with Crippen LogP contribution >= 0.6 is 0 Å². The Hall–Kier alpha value is -3.07. The van der Waals surface area contributed by atoms with Crippen LogP contribution in [-0.2, 0) is 24.9 Å². The maximum Gasteiger partial charge on any atom is 0.522 e. The third-order valence-corrected chi connectivity index (χ3v) is 3.48.